The van der Waals surface area contributed by atoms with Crippen LogP contribution in [0.15, 0.2) is 42.5 Å². The van der Waals surface area contributed by atoms with Crippen molar-refractivity contribution in [1.82, 2.24) is 0 Å². The number of nitrogens with one attached hydrogen (secondary N) is 1. The maximum Gasteiger partial charge on any atom is 0.147 e. The molecule has 21 heavy (non-hydrogen) atoms. The Balaban J connectivity index is 1.91. The number of halogens is 2. The number of aryl methyl sites for hydroxylation is 1. The van der Waals surface area contributed by atoms with Crippen molar-refractivity contribution < 1.29 is 9.13 Å². The molecular weight excluding hydrogens is 289 g/mol. The van der Waals surface area contributed by atoms with Gasteiger partial charge in [-0.25, -0.2) is 4.39 Å². The van der Waals surface area contributed by atoms with Gasteiger partial charge in [0, 0.05) is 6.04 Å². The van der Waals surface area contributed by atoms with Crippen LogP contribution in [0.5, 0.6) is 5.75 Å². The van der Waals surface area contributed by atoms with Crippen molar-refractivity contribution in [2.45, 2.75) is 25.8 Å². The van der Waals surface area contributed by atoms with Crippen LogP contribution in [0, 0.1) is 5.82 Å². The van der Waals surface area contributed by atoms with Crippen LogP contribution < -0.4 is 10.1 Å². The van der Waals surface area contributed by atoms with E-state index in [9.17, 15) is 4.39 Å². The molecule has 0 aliphatic heterocycles. The van der Waals surface area contributed by atoms with Crippen LogP contribution in [-0.2, 0) is 6.42 Å². The van der Waals surface area contributed by atoms with Crippen molar-refractivity contribution in [3.8, 4) is 5.75 Å². The first-order valence-corrected chi connectivity index (χ1v) is 7.31. The molecule has 0 aromatic heterocycles. The van der Waals surface area contributed by atoms with Gasteiger partial charge in [-0.15, -0.1) is 0 Å². The molecule has 1 N–H and O–H groups in total. The SMILES string of the molecule is COc1ccc(CCC(C)Nc2c(F)cccc2Cl)cc1. The van der Waals surface area contributed by atoms with Crippen molar-refractivity contribution in [2.24, 2.45) is 0 Å². The Kier molecular flexibility index (Phi) is 5.45. The van der Waals surface area contributed by atoms with E-state index in [-0.39, 0.29) is 11.9 Å². The molecule has 2 aromatic carbocycles. The van der Waals surface area contributed by atoms with Crippen LogP contribution in [-0.4, -0.2) is 13.2 Å². The van der Waals surface area contributed by atoms with E-state index < -0.39 is 0 Å². The van der Waals surface area contributed by atoms with Crippen LogP contribution in [0.4, 0.5) is 10.1 Å². The normalized spacial score (nSPS) is 12.0. The van der Waals surface area contributed by atoms with Crippen molar-refractivity contribution in [3.05, 3.63) is 58.9 Å². The van der Waals surface area contributed by atoms with Gasteiger partial charge in [0.25, 0.3) is 0 Å². The quantitative estimate of drug-likeness (QED) is 0.817. The summed E-state index contributed by atoms with van der Waals surface area (Å²) in [6.07, 6.45) is 1.79. The Morgan fingerprint density at radius 3 is 2.52 bits per heavy atom. The fourth-order valence-electron chi connectivity index (χ4n) is 2.13. The molecule has 0 aliphatic rings. The lowest BCUT2D eigenvalue weighted by molar-refractivity contribution is 0.414. The van der Waals surface area contributed by atoms with Crippen molar-refractivity contribution in [1.29, 1.82) is 0 Å². The largest absolute Gasteiger partial charge is 0.497 e. The van der Waals surface area contributed by atoms with Crippen molar-refractivity contribution in [2.75, 3.05) is 12.4 Å². The molecular formula is C17H19ClFNO. The van der Waals surface area contributed by atoms with E-state index in [1.807, 2.05) is 31.2 Å². The third-order valence-electron chi connectivity index (χ3n) is 3.38. The molecule has 1 unspecified atom stereocenters. The van der Waals surface area contributed by atoms with Crippen LogP contribution in [0.25, 0.3) is 0 Å². The Morgan fingerprint density at radius 2 is 1.90 bits per heavy atom. The molecule has 0 spiro atoms. The average Bonchev–Trinajstić information content (AvgIpc) is 2.49. The number of rotatable bonds is 6. The summed E-state index contributed by atoms with van der Waals surface area (Å²) < 4.78 is 18.8. The zero-order valence-electron chi connectivity index (χ0n) is 12.2. The van der Waals surface area contributed by atoms with Crippen LogP contribution in [0.1, 0.15) is 18.9 Å². The number of hydrogen-bond donors (Lipinski definition) is 1. The van der Waals surface area contributed by atoms with Crippen molar-refractivity contribution >= 4 is 17.3 Å². The molecule has 0 bridgehead atoms. The summed E-state index contributed by atoms with van der Waals surface area (Å²) in [6, 6.07) is 12.8. The summed E-state index contributed by atoms with van der Waals surface area (Å²) in [5, 5.41) is 3.55. The highest BCUT2D eigenvalue weighted by atomic mass is 35.5. The molecule has 0 saturated heterocycles. The van der Waals surface area contributed by atoms with Gasteiger partial charge in [0.15, 0.2) is 0 Å². The minimum absolute atomic E-state index is 0.126. The summed E-state index contributed by atoms with van der Waals surface area (Å²) in [5.41, 5.74) is 1.60. The number of para-hydroxylation sites is 1. The molecule has 0 fully saturated rings. The summed E-state index contributed by atoms with van der Waals surface area (Å²) in [5.74, 6) is 0.529. The minimum Gasteiger partial charge on any atom is -0.497 e. The van der Waals surface area contributed by atoms with E-state index in [0.717, 1.165) is 18.6 Å². The van der Waals surface area contributed by atoms with E-state index >= 15 is 0 Å². The fraction of sp³-hybridized carbons (Fsp3) is 0.294. The number of ether oxygens (including phenoxy) is 1. The molecule has 4 heteroatoms. The molecule has 2 nitrogen and oxygen atoms in total. The van der Waals surface area contributed by atoms with Gasteiger partial charge in [0.1, 0.15) is 11.6 Å². The molecule has 0 radical (unpaired) electrons. The molecule has 112 valence electrons. The summed E-state index contributed by atoms with van der Waals surface area (Å²) in [7, 11) is 1.65. The number of methoxy groups -OCH3 is 1. The van der Waals surface area contributed by atoms with E-state index in [2.05, 4.69) is 5.32 Å². The minimum atomic E-state index is -0.321. The first-order valence-electron chi connectivity index (χ1n) is 6.93. The first-order chi connectivity index (χ1) is 10.1. The van der Waals surface area contributed by atoms with E-state index in [1.165, 1.54) is 11.6 Å². The van der Waals surface area contributed by atoms with Gasteiger partial charge in [-0.05, 0) is 49.6 Å². The van der Waals surface area contributed by atoms with Crippen LogP contribution in [0.3, 0.4) is 0 Å². The summed E-state index contributed by atoms with van der Waals surface area (Å²) >= 11 is 6.01. The van der Waals surface area contributed by atoms with E-state index in [0.29, 0.717) is 10.7 Å². The van der Waals surface area contributed by atoms with Gasteiger partial charge in [0.2, 0.25) is 0 Å². The second kappa shape index (κ2) is 7.32. The molecule has 2 aromatic rings. The third-order valence-corrected chi connectivity index (χ3v) is 3.69. The first kappa shape index (κ1) is 15.6. The van der Waals surface area contributed by atoms with Gasteiger partial charge in [0.05, 0.1) is 17.8 Å². The van der Waals surface area contributed by atoms with Gasteiger partial charge in [-0.3, -0.25) is 0 Å². The average molecular weight is 308 g/mol. The second-order valence-corrected chi connectivity index (χ2v) is 5.44. The number of anilines is 1. The Labute approximate surface area is 129 Å². The maximum absolute atomic E-state index is 13.7. The monoisotopic (exact) mass is 307 g/mol. The van der Waals surface area contributed by atoms with Crippen LogP contribution >= 0.6 is 11.6 Å². The topological polar surface area (TPSA) is 21.3 Å². The second-order valence-electron chi connectivity index (χ2n) is 5.03. The van der Waals surface area contributed by atoms with E-state index in [1.54, 1.807) is 19.2 Å². The molecule has 0 aliphatic carbocycles. The standard InChI is InChI=1S/C17H19ClFNO/c1-12(20-17-15(18)4-3-5-16(17)19)6-7-13-8-10-14(21-2)11-9-13/h3-5,8-12,20H,6-7H2,1-2H3. The van der Waals surface area contributed by atoms with Crippen molar-refractivity contribution in [3.63, 3.8) is 0 Å². The fourth-order valence-corrected chi connectivity index (χ4v) is 2.35. The van der Waals surface area contributed by atoms with Gasteiger partial charge >= 0.3 is 0 Å². The number of hydrogen-bond acceptors (Lipinski definition) is 2. The Bertz CT molecular complexity index is 566. The predicted octanol–water partition coefficient (Wildman–Crippen LogP) is 4.92. The smallest absolute Gasteiger partial charge is 0.147 e. The lowest BCUT2D eigenvalue weighted by Gasteiger charge is -2.17. The third kappa shape index (κ3) is 4.36. The maximum atomic E-state index is 13.7. The molecule has 0 saturated carbocycles. The molecule has 1 atom stereocenters. The zero-order valence-corrected chi connectivity index (χ0v) is 13.0. The van der Waals surface area contributed by atoms with Gasteiger partial charge < -0.3 is 10.1 Å². The summed E-state index contributed by atoms with van der Waals surface area (Å²) in [4.78, 5) is 0. The molecule has 2 rings (SSSR count). The highest BCUT2D eigenvalue weighted by Crippen LogP contribution is 2.26. The molecule has 0 heterocycles. The Hall–Kier alpha value is -1.74. The predicted molar refractivity (Wildman–Crippen MR) is 85.8 cm³/mol. The van der Waals surface area contributed by atoms with E-state index in [4.69, 9.17) is 16.3 Å². The van der Waals surface area contributed by atoms with Gasteiger partial charge in [-0.2, -0.15) is 0 Å². The van der Waals surface area contributed by atoms with Crippen LogP contribution in [0.2, 0.25) is 5.02 Å². The lowest BCUT2D eigenvalue weighted by atomic mass is 10.1. The Morgan fingerprint density at radius 1 is 1.19 bits per heavy atom. The molecule has 0 amide bonds. The highest BCUT2D eigenvalue weighted by molar-refractivity contribution is 6.33. The lowest BCUT2D eigenvalue weighted by Crippen LogP contribution is -2.17. The number of benzene rings is 2. The van der Waals surface area contributed by atoms with Gasteiger partial charge in [-0.1, -0.05) is 29.8 Å². The highest BCUT2D eigenvalue weighted by Gasteiger charge is 2.10. The zero-order chi connectivity index (χ0) is 15.2. The summed E-state index contributed by atoms with van der Waals surface area (Å²) in [6.45, 7) is 2.02.